The highest BCUT2D eigenvalue weighted by Gasteiger charge is 2.13. The summed E-state index contributed by atoms with van der Waals surface area (Å²) in [5.74, 6) is 0.739. The highest BCUT2D eigenvalue weighted by Crippen LogP contribution is 2.16. The molecule has 0 radical (unpaired) electrons. The molecular formula is C26H25N3O4S. The van der Waals surface area contributed by atoms with Crippen LogP contribution in [0.3, 0.4) is 0 Å². The second kappa shape index (κ2) is 12.8. The summed E-state index contributed by atoms with van der Waals surface area (Å²) >= 11 is 5.25. The van der Waals surface area contributed by atoms with Gasteiger partial charge in [-0.3, -0.25) is 14.9 Å². The molecule has 0 bridgehead atoms. The van der Waals surface area contributed by atoms with E-state index < -0.39 is 0 Å². The first-order valence-electron chi connectivity index (χ1n) is 10.6. The molecule has 0 unspecified atom stereocenters. The molecule has 0 saturated heterocycles. The number of carbonyl (C=O) groups is 2. The Kier molecular flexibility index (Phi) is 9.19. The number of hydrogen-bond acceptors (Lipinski definition) is 5. The summed E-state index contributed by atoms with van der Waals surface area (Å²) < 4.78 is 11.2. The maximum absolute atomic E-state index is 12.5. The molecule has 3 rings (SSSR count). The SMILES string of the molecule is C=CCNC(=O)c1ccccc1NC(=S)NC(=O)c1ccc(OCCOc2ccccc2)cc1. The first-order valence-corrected chi connectivity index (χ1v) is 11.0. The van der Waals surface area contributed by atoms with Gasteiger partial charge in [0.05, 0.1) is 11.3 Å². The van der Waals surface area contributed by atoms with Gasteiger partial charge in [-0.2, -0.15) is 0 Å². The third-order valence-electron chi connectivity index (χ3n) is 4.53. The molecule has 0 aromatic heterocycles. The fourth-order valence-corrected chi connectivity index (χ4v) is 3.12. The van der Waals surface area contributed by atoms with Crippen LogP contribution in [0.4, 0.5) is 5.69 Å². The van der Waals surface area contributed by atoms with Gasteiger partial charge in [-0.25, -0.2) is 0 Å². The molecular weight excluding hydrogens is 450 g/mol. The number of amides is 2. The maximum Gasteiger partial charge on any atom is 0.257 e. The number of hydrogen-bond donors (Lipinski definition) is 3. The van der Waals surface area contributed by atoms with E-state index in [2.05, 4.69) is 22.5 Å². The number of benzene rings is 3. The minimum atomic E-state index is -0.384. The van der Waals surface area contributed by atoms with Gasteiger partial charge in [-0.1, -0.05) is 36.4 Å². The predicted octanol–water partition coefficient (Wildman–Crippen LogP) is 4.19. The minimum Gasteiger partial charge on any atom is -0.490 e. The van der Waals surface area contributed by atoms with E-state index >= 15 is 0 Å². The first kappa shape index (κ1) is 24.5. The summed E-state index contributed by atoms with van der Waals surface area (Å²) in [6.07, 6.45) is 1.59. The Hall–Kier alpha value is -4.17. The van der Waals surface area contributed by atoms with Gasteiger partial charge in [0.1, 0.15) is 24.7 Å². The van der Waals surface area contributed by atoms with E-state index in [4.69, 9.17) is 21.7 Å². The summed E-state index contributed by atoms with van der Waals surface area (Å²) in [4.78, 5) is 24.8. The molecule has 174 valence electrons. The highest BCUT2D eigenvalue weighted by molar-refractivity contribution is 7.80. The van der Waals surface area contributed by atoms with Crippen molar-refractivity contribution in [2.24, 2.45) is 0 Å². The van der Waals surface area contributed by atoms with Gasteiger partial charge < -0.3 is 20.1 Å². The lowest BCUT2D eigenvalue weighted by Crippen LogP contribution is -2.35. The summed E-state index contributed by atoms with van der Waals surface area (Å²) in [5.41, 5.74) is 1.29. The van der Waals surface area contributed by atoms with Crippen LogP contribution in [0.2, 0.25) is 0 Å². The molecule has 0 spiro atoms. The first-order chi connectivity index (χ1) is 16.6. The zero-order chi connectivity index (χ0) is 24.2. The van der Waals surface area contributed by atoms with Crippen molar-refractivity contribution >= 4 is 34.8 Å². The van der Waals surface area contributed by atoms with Crippen LogP contribution in [0.1, 0.15) is 20.7 Å². The van der Waals surface area contributed by atoms with E-state index in [0.29, 0.717) is 42.3 Å². The molecule has 0 aliphatic heterocycles. The summed E-state index contributed by atoms with van der Waals surface area (Å²) in [6.45, 7) is 4.69. The third-order valence-corrected chi connectivity index (χ3v) is 4.74. The molecule has 0 aliphatic carbocycles. The van der Waals surface area contributed by atoms with Crippen molar-refractivity contribution in [2.75, 3.05) is 25.1 Å². The molecule has 7 nitrogen and oxygen atoms in total. The normalized spacial score (nSPS) is 10.0. The number of anilines is 1. The number of nitrogens with one attached hydrogen (secondary N) is 3. The van der Waals surface area contributed by atoms with E-state index in [1.54, 1.807) is 54.6 Å². The average molecular weight is 476 g/mol. The Bertz CT molecular complexity index is 1130. The molecule has 34 heavy (non-hydrogen) atoms. The predicted molar refractivity (Wildman–Crippen MR) is 137 cm³/mol. The molecule has 0 atom stereocenters. The summed E-state index contributed by atoms with van der Waals surface area (Å²) in [6, 6.07) is 23.0. The van der Waals surface area contributed by atoms with E-state index in [1.165, 1.54) is 0 Å². The van der Waals surface area contributed by atoms with Crippen molar-refractivity contribution in [1.29, 1.82) is 0 Å². The fourth-order valence-electron chi connectivity index (χ4n) is 2.92. The van der Waals surface area contributed by atoms with Crippen LogP contribution in [-0.4, -0.2) is 36.7 Å². The lowest BCUT2D eigenvalue weighted by molar-refractivity contribution is 0.0956. The molecule has 3 aromatic rings. The fraction of sp³-hybridized carbons (Fsp3) is 0.115. The number of ether oxygens (including phenoxy) is 2. The highest BCUT2D eigenvalue weighted by atomic mass is 32.1. The van der Waals surface area contributed by atoms with Crippen LogP contribution in [0.25, 0.3) is 0 Å². The van der Waals surface area contributed by atoms with Crippen molar-refractivity contribution in [3.63, 3.8) is 0 Å². The molecule has 8 heteroatoms. The van der Waals surface area contributed by atoms with Crippen LogP contribution >= 0.6 is 12.2 Å². The molecule has 0 aliphatic rings. The second-order valence-corrected chi connectivity index (χ2v) is 7.40. The average Bonchev–Trinajstić information content (AvgIpc) is 2.86. The zero-order valence-electron chi connectivity index (χ0n) is 18.5. The number of thiocarbonyl (C=S) groups is 1. The number of para-hydroxylation sites is 2. The van der Waals surface area contributed by atoms with Crippen molar-refractivity contribution < 1.29 is 19.1 Å². The van der Waals surface area contributed by atoms with Crippen molar-refractivity contribution in [1.82, 2.24) is 10.6 Å². The largest absolute Gasteiger partial charge is 0.490 e. The van der Waals surface area contributed by atoms with Crippen molar-refractivity contribution in [2.45, 2.75) is 0 Å². The molecule has 0 fully saturated rings. The van der Waals surface area contributed by atoms with Gasteiger partial charge in [-0.15, -0.1) is 6.58 Å². The van der Waals surface area contributed by atoms with Crippen LogP contribution in [0.15, 0.2) is 91.5 Å². The van der Waals surface area contributed by atoms with Crippen molar-refractivity contribution in [3.8, 4) is 11.5 Å². The maximum atomic E-state index is 12.5. The molecule has 0 saturated carbocycles. The molecule has 3 aromatic carbocycles. The van der Waals surface area contributed by atoms with Gasteiger partial charge in [-0.05, 0) is 60.7 Å². The Morgan fingerprint density at radius 1 is 0.824 bits per heavy atom. The quantitative estimate of drug-likeness (QED) is 0.232. The Morgan fingerprint density at radius 2 is 1.44 bits per heavy atom. The standard InChI is InChI=1S/C26H25N3O4S/c1-2-16-27-25(31)22-10-6-7-11-23(22)28-26(34)29-24(30)19-12-14-21(15-13-19)33-18-17-32-20-8-4-3-5-9-20/h2-15H,1,16-18H2,(H,27,31)(H2,28,29,30,34). The van der Waals surface area contributed by atoms with Crippen LogP contribution in [0.5, 0.6) is 11.5 Å². The summed E-state index contributed by atoms with van der Waals surface area (Å²) in [7, 11) is 0. The molecule has 0 heterocycles. The third kappa shape index (κ3) is 7.46. The Labute approximate surface area is 203 Å². The molecule has 2 amide bonds. The molecule has 3 N–H and O–H groups in total. The monoisotopic (exact) mass is 475 g/mol. The van der Waals surface area contributed by atoms with Crippen LogP contribution < -0.4 is 25.4 Å². The van der Waals surface area contributed by atoms with Gasteiger partial charge in [0.25, 0.3) is 11.8 Å². The van der Waals surface area contributed by atoms with Crippen LogP contribution in [0, 0.1) is 0 Å². The number of rotatable bonds is 10. The van der Waals surface area contributed by atoms with Crippen molar-refractivity contribution in [3.05, 3.63) is 103 Å². The Balaban J connectivity index is 1.48. The van der Waals surface area contributed by atoms with Gasteiger partial charge >= 0.3 is 0 Å². The zero-order valence-corrected chi connectivity index (χ0v) is 19.3. The van der Waals surface area contributed by atoms with E-state index in [0.717, 1.165) is 5.75 Å². The van der Waals surface area contributed by atoms with E-state index in [9.17, 15) is 9.59 Å². The van der Waals surface area contributed by atoms with E-state index in [-0.39, 0.29) is 16.9 Å². The van der Waals surface area contributed by atoms with Gasteiger partial charge in [0.15, 0.2) is 5.11 Å². The van der Waals surface area contributed by atoms with E-state index in [1.807, 2.05) is 30.3 Å². The lowest BCUT2D eigenvalue weighted by atomic mass is 10.1. The van der Waals surface area contributed by atoms with Gasteiger partial charge in [0, 0.05) is 12.1 Å². The smallest absolute Gasteiger partial charge is 0.257 e. The lowest BCUT2D eigenvalue weighted by Gasteiger charge is -2.13. The van der Waals surface area contributed by atoms with Crippen LogP contribution in [-0.2, 0) is 0 Å². The van der Waals surface area contributed by atoms with Gasteiger partial charge in [0.2, 0.25) is 0 Å². The summed E-state index contributed by atoms with van der Waals surface area (Å²) in [5, 5.41) is 8.31. The second-order valence-electron chi connectivity index (χ2n) is 6.99. The minimum absolute atomic E-state index is 0.0763. The number of carbonyl (C=O) groups excluding carboxylic acids is 2. The Morgan fingerprint density at radius 3 is 2.12 bits per heavy atom. The topological polar surface area (TPSA) is 88.7 Å².